The van der Waals surface area contributed by atoms with E-state index in [1.807, 2.05) is 0 Å². The second-order valence-corrected chi connectivity index (χ2v) is 5.72. The van der Waals surface area contributed by atoms with Crippen molar-refractivity contribution in [2.24, 2.45) is 5.92 Å². The van der Waals surface area contributed by atoms with Gasteiger partial charge >= 0.3 is 5.97 Å². The summed E-state index contributed by atoms with van der Waals surface area (Å²) in [5.74, 6) is -2.43. The molecule has 0 fully saturated rings. The molecule has 1 unspecified atom stereocenters. The fraction of sp³-hybridized carbons (Fsp3) is 0.278. The van der Waals surface area contributed by atoms with Crippen molar-refractivity contribution in [3.8, 4) is 11.1 Å². The average Bonchev–Trinajstić information content (AvgIpc) is 2.53. The number of halogens is 2. The van der Waals surface area contributed by atoms with Gasteiger partial charge < -0.3 is 5.11 Å². The molecule has 0 amide bonds. The van der Waals surface area contributed by atoms with Crippen LogP contribution in [0.25, 0.3) is 11.1 Å². The molecule has 0 bridgehead atoms. The van der Waals surface area contributed by atoms with Crippen molar-refractivity contribution in [2.45, 2.75) is 26.2 Å². The van der Waals surface area contributed by atoms with Gasteiger partial charge in [-0.15, -0.1) is 0 Å². The van der Waals surface area contributed by atoms with Gasteiger partial charge in [-0.2, -0.15) is 0 Å². The molecule has 0 aliphatic heterocycles. The Morgan fingerprint density at radius 1 is 1.21 bits per heavy atom. The highest BCUT2D eigenvalue weighted by molar-refractivity contribution is 5.94. The monoisotopic (exact) mass is 333 g/mol. The minimum absolute atomic E-state index is 0.000821. The minimum atomic E-state index is -0.914. The second-order valence-electron chi connectivity index (χ2n) is 5.72. The summed E-state index contributed by atoms with van der Waals surface area (Å²) in [7, 11) is 0. The number of carbonyl (C=O) groups is 2. The number of rotatable bonds is 7. The SMILES string of the molecule is CC(CCC(=O)c1cc(F)c(-c2ccc(F)cc2)cn1)CC(=O)O. The zero-order chi connectivity index (χ0) is 17.7. The summed E-state index contributed by atoms with van der Waals surface area (Å²) < 4.78 is 27.1. The highest BCUT2D eigenvalue weighted by Crippen LogP contribution is 2.23. The molecule has 0 saturated heterocycles. The molecule has 2 rings (SSSR count). The maximum absolute atomic E-state index is 14.2. The van der Waals surface area contributed by atoms with Gasteiger partial charge in [0, 0.05) is 30.7 Å². The van der Waals surface area contributed by atoms with Crippen molar-refractivity contribution >= 4 is 11.8 Å². The molecule has 24 heavy (non-hydrogen) atoms. The summed E-state index contributed by atoms with van der Waals surface area (Å²) in [6.07, 6.45) is 1.74. The Hall–Kier alpha value is -2.63. The summed E-state index contributed by atoms with van der Waals surface area (Å²) in [4.78, 5) is 26.6. The number of pyridine rings is 1. The molecule has 6 heteroatoms. The predicted octanol–water partition coefficient (Wildman–Crippen LogP) is 4.10. The van der Waals surface area contributed by atoms with E-state index in [1.165, 1.54) is 30.5 Å². The van der Waals surface area contributed by atoms with Crippen molar-refractivity contribution in [1.29, 1.82) is 0 Å². The van der Waals surface area contributed by atoms with E-state index in [0.29, 0.717) is 12.0 Å². The first-order valence-electron chi connectivity index (χ1n) is 7.53. The lowest BCUT2D eigenvalue weighted by Crippen LogP contribution is -2.09. The normalized spacial score (nSPS) is 12.0. The quantitative estimate of drug-likeness (QED) is 0.775. The molecule has 1 atom stereocenters. The molecule has 126 valence electrons. The Morgan fingerprint density at radius 2 is 1.88 bits per heavy atom. The molecule has 1 aromatic carbocycles. The zero-order valence-corrected chi connectivity index (χ0v) is 13.1. The molecule has 4 nitrogen and oxygen atoms in total. The van der Waals surface area contributed by atoms with E-state index < -0.39 is 17.6 Å². The summed E-state index contributed by atoms with van der Waals surface area (Å²) in [6.45, 7) is 1.74. The molecule has 0 aliphatic carbocycles. The molecular weight excluding hydrogens is 316 g/mol. The van der Waals surface area contributed by atoms with E-state index in [-0.39, 0.29) is 35.8 Å². The van der Waals surface area contributed by atoms with Crippen LogP contribution in [0.3, 0.4) is 0 Å². The molecule has 1 heterocycles. The first-order valence-corrected chi connectivity index (χ1v) is 7.53. The summed E-state index contributed by atoms with van der Waals surface area (Å²) in [6, 6.07) is 6.37. The van der Waals surface area contributed by atoms with Gasteiger partial charge in [0.1, 0.15) is 17.3 Å². The highest BCUT2D eigenvalue weighted by Gasteiger charge is 2.15. The Bertz CT molecular complexity index is 744. The number of benzene rings is 1. The fourth-order valence-electron chi connectivity index (χ4n) is 2.33. The van der Waals surface area contributed by atoms with Crippen LogP contribution in [0.1, 0.15) is 36.7 Å². The van der Waals surface area contributed by atoms with Gasteiger partial charge in [-0.3, -0.25) is 14.6 Å². The largest absolute Gasteiger partial charge is 0.481 e. The topological polar surface area (TPSA) is 67.3 Å². The predicted molar refractivity (Wildman–Crippen MR) is 84.6 cm³/mol. The molecule has 2 aromatic rings. The van der Waals surface area contributed by atoms with Crippen LogP contribution in [0.5, 0.6) is 0 Å². The van der Waals surface area contributed by atoms with Gasteiger partial charge in [-0.1, -0.05) is 19.1 Å². The third-order valence-corrected chi connectivity index (χ3v) is 3.68. The van der Waals surface area contributed by atoms with E-state index in [4.69, 9.17) is 5.11 Å². The molecule has 0 aliphatic rings. The number of hydrogen-bond donors (Lipinski definition) is 1. The maximum atomic E-state index is 14.2. The van der Waals surface area contributed by atoms with Crippen LogP contribution in [-0.4, -0.2) is 21.8 Å². The van der Waals surface area contributed by atoms with Crippen molar-refractivity contribution in [2.75, 3.05) is 0 Å². The van der Waals surface area contributed by atoms with Crippen LogP contribution in [0.2, 0.25) is 0 Å². The Balaban J connectivity index is 2.07. The van der Waals surface area contributed by atoms with Gasteiger partial charge in [-0.05, 0) is 30.0 Å². The van der Waals surface area contributed by atoms with Crippen LogP contribution in [0, 0.1) is 17.6 Å². The van der Waals surface area contributed by atoms with Gasteiger partial charge in [0.15, 0.2) is 5.78 Å². The Morgan fingerprint density at radius 3 is 2.46 bits per heavy atom. The maximum Gasteiger partial charge on any atom is 0.303 e. The van der Waals surface area contributed by atoms with E-state index >= 15 is 0 Å². The van der Waals surface area contributed by atoms with E-state index in [2.05, 4.69) is 4.98 Å². The van der Waals surface area contributed by atoms with Crippen LogP contribution < -0.4 is 0 Å². The fourth-order valence-corrected chi connectivity index (χ4v) is 2.33. The number of carboxylic acids is 1. The summed E-state index contributed by atoms with van der Waals surface area (Å²) in [5, 5.41) is 8.69. The van der Waals surface area contributed by atoms with Crippen LogP contribution in [-0.2, 0) is 4.79 Å². The minimum Gasteiger partial charge on any atom is -0.481 e. The second kappa shape index (κ2) is 7.77. The highest BCUT2D eigenvalue weighted by atomic mass is 19.1. The molecule has 1 aromatic heterocycles. The Labute approximate surface area is 138 Å². The zero-order valence-electron chi connectivity index (χ0n) is 13.1. The smallest absolute Gasteiger partial charge is 0.303 e. The van der Waals surface area contributed by atoms with Crippen molar-refractivity contribution in [3.05, 3.63) is 53.9 Å². The van der Waals surface area contributed by atoms with Gasteiger partial charge in [0.05, 0.1) is 0 Å². The number of carbonyl (C=O) groups excluding carboxylic acids is 1. The number of nitrogens with zero attached hydrogens (tertiary/aromatic N) is 1. The first kappa shape index (κ1) is 17.7. The lowest BCUT2D eigenvalue weighted by molar-refractivity contribution is -0.138. The number of hydrogen-bond acceptors (Lipinski definition) is 3. The lowest BCUT2D eigenvalue weighted by atomic mass is 9.99. The van der Waals surface area contributed by atoms with Gasteiger partial charge in [0.25, 0.3) is 0 Å². The summed E-state index contributed by atoms with van der Waals surface area (Å²) >= 11 is 0. The summed E-state index contributed by atoms with van der Waals surface area (Å²) in [5.41, 5.74) is 0.655. The van der Waals surface area contributed by atoms with Crippen LogP contribution in [0.15, 0.2) is 36.5 Å². The number of carboxylic acid groups (broad SMARTS) is 1. The molecule has 0 spiro atoms. The molecule has 1 N–H and O–H groups in total. The molecule has 0 saturated carbocycles. The van der Waals surface area contributed by atoms with Crippen LogP contribution >= 0.6 is 0 Å². The van der Waals surface area contributed by atoms with E-state index in [0.717, 1.165) is 6.07 Å². The van der Waals surface area contributed by atoms with E-state index in [1.54, 1.807) is 6.92 Å². The molecular formula is C18H17F2NO3. The Kier molecular flexibility index (Phi) is 5.73. The number of ketones is 1. The van der Waals surface area contributed by atoms with Gasteiger partial charge in [0.2, 0.25) is 0 Å². The number of aliphatic carboxylic acids is 1. The van der Waals surface area contributed by atoms with Gasteiger partial charge in [-0.25, -0.2) is 8.78 Å². The van der Waals surface area contributed by atoms with Crippen LogP contribution in [0.4, 0.5) is 8.78 Å². The number of Topliss-reactive ketones (excluding diaryl/α,β-unsaturated/α-hetero) is 1. The third-order valence-electron chi connectivity index (χ3n) is 3.68. The van der Waals surface area contributed by atoms with Crippen molar-refractivity contribution in [1.82, 2.24) is 4.98 Å². The standard InChI is InChI=1S/C18H17F2NO3/c1-11(8-18(23)24)2-7-17(22)16-9-15(20)14(10-21-16)12-3-5-13(19)6-4-12/h3-6,9-11H,2,7-8H2,1H3,(H,23,24). The molecule has 0 radical (unpaired) electrons. The van der Waals surface area contributed by atoms with E-state index in [9.17, 15) is 18.4 Å². The van der Waals surface area contributed by atoms with Crippen molar-refractivity contribution < 1.29 is 23.5 Å². The average molecular weight is 333 g/mol. The third kappa shape index (κ3) is 4.68. The van der Waals surface area contributed by atoms with Crippen molar-refractivity contribution in [3.63, 3.8) is 0 Å². The lowest BCUT2D eigenvalue weighted by Gasteiger charge is -2.08. The number of aromatic nitrogens is 1. The first-order chi connectivity index (χ1) is 11.4.